The number of imidazole rings is 1. The lowest BCUT2D eigenvalue weighted by Crippen LogP contribution is -2.36. The predicted molar refractivity (Wildman–Crippen MR) is 116 cm³/mol. The normalized spacial score (nSPS) is 11.2. The second-order valence-electron chi connectivity index (χ2n) is 6.91. The molecule has 0 aliphatic rings. The summed E-state index contributed by atoms with van der Waals surface area (Å²) in [5.74, 6) is 0.341. The van der Waals surface area contributed by atoms with Crippen molar-refractivity contribution in [2.45, 2.75) is 6.42 Å². The first kappa shape index (κ1) is 20.1. The number of fused-ring (bicyclic) bond motifs is 1. The first-order chi connectivity index (χ1) is 14.3. The fraction of sp³-hybridized carbons (Fsp3) is 0.143. The number of hydrogen-bond donors (Lipinski definition) is 1. The van der Waals surface area contributed by atoms with Crippen molar-refractivity contribution in [2.24, 2.45) is 14.1 Å². The molecule has 0 saturated carbocycles. The molecular formula is C21H16Cl2N4O3. The Balaban J connectivity index is 1.62. The van der Waals surface area contributed by atoms with Gasteiger partial charge in [0.25, 0.3) is 5.56 Å². The van der Waals surface area contributed by atoms with E-state index in [1.54, 1.807) is 43.4 Å². The van der Waals surface area contributed by atoms with Gasteiger partial charge in [0.05, 0.1) is 5.02 Å². The van der Waals surface area contributed by atoms with Gasteiger partial charge >= 0.3 is 5.69 Å². The molecule has 0 unspecified atom stereocenters. The van der Waals surface area contributed by atoms with Crippen LogP contribution in [-0.4, -0.2) is 24.9 Å². The molecule has 9 heteroatoms. The van der Waals surface area contributed by atoms with E-state index >= 15 is 0 Å². The third-order valence-electron chi connectivity index (χ3n) is 4.91. The highest BCUT2D eigenvalue weighted by Gasteiger charge is 2.15. The minimum atomic E-state index is -0.436. The van der Waals surface area contributed by atoms with Crippen molar-refractivity contribution in [3.63, 3.8) is 0 Å². The molecule has 0 atom stereocenters. The van der Waals surface area contributed by atoms with Crippen molar-refractivity contribution in [3.05, 3.63) is 95.9 Å². The zero-order valence-electron chi connectivity index (χ0n) is 16.1. The molecular weight excluding hydrogens is 427 g/mol. The molecule has 4 rings (SSSR count). The van der Waals surface area contributed by atoms with E-state index in [9.17, 15) is 14.4 Å². The standard InChI is InChI=1S/C21H16Cl2N4O3/c1-26-19-17(20(29)27(2)21(26)30)24-16(25-19)9-11-3-5-12(6-4-11)18(28)14-8-7-13(22)10-15(14)23/h3-8,10H,9H2,1-2H3,(H,24,25). The number of rotatable bonds is 4. The van der Waals surface area contributed by atoms with E-state index in [1.807, 2.05) is 0 Å². The van der Waals surface area contributed by atoms with Crippen LogP contribution in [0.5, 0.6) is 0 Å². The highest BCUT2D eigenvalue weighted by Crippen LogP contribution is 2.24. The number of H-pyrrole nitrogens is 1. The Morgan fingerprint density at radius 3 is 2.40 bits per heavy atom. The summed E-state index contributed by atoms with van der Waals surface area (Å²) in [6, 6.07) is 11.8. The van der Waals surface area contributed by atoms with Crippen molar-refractivity contribution >= 4 is 40.1 Å². The van der Waals surface area contributed by atoms with Gasteiger partial charge in [-0.15, -0.1) is 0 Å². The fourth-order valence-electron chi connectivity index (χ4n) is 3.25. The van der Waals surface area contributed by atoms with Crippen molar-refractivity contribution in [1.82, 2.24) is 19.1 Å². The van der Waals surface area contributed by atoms with Crippen LogP contribution in [0.25, 0.3) is 11.2 Å². The molecule has 30 heavy (non-hydrogen) atoms. The maximum absolute atomic E-state index is 12.7. The zero-order chi connectivity index (χ0) is 21.6. The van der Waals surface area contributed by atoms with Crippen LogP contribution in [0.3, 0.4) is 0 Å². The first-order valence-corrected chi connectivity index (χ1v) is 9.75. The van der Waals surface area contributed by atoms with Crippen LogP contribution in [0.15, 0.2) is 52.1 Å². The maximum atomic E-state index is 12.7. The van der Waals surface area contributed by atoms with Gasteiger partial charge in [0.15, 0.2) is 11.4 Å². The summed E-state index contributed by atoms with van der Waals surface area (Å²) in [5, 5.41) is 0.760. The molecule has 0 fully saturated rings. The minimum absolute atomic E-state index is 0.203. The zero-order valence-corrected chi connectivity index (χ0v) is 17.6. The number of hydrogen-bond acceptors (Lipinski definition) is 4. The Labute approximate surface area is 180 Å². The lowest BCUT2D eigenvalue weighted by Gasteiger charge is -2.05. The Morgan fingerprint density at radius 1 is 1.03 bits per heavy atom. The van der Waals surface area contributed by atoms with Crippen molar-refractivity contribution in [1.29, 1.82) is 0 Å². The Hall–Kier alpha value is -3.16. The number of nitrogens with zero attached hydrogens (tertiary/aromatic N) is 3. The Bertz CT molecular complexity index is 1420. The Kier molecular flexibility index (Phi) is 5.09. The molecule has 0 spiro atoms. The highest BCUT2D eigenvalue weighted by molar-refractivity contribution is 6.37. The average molecular weight is 443 g/mol. The van der Waals surface area contributed by atoms with E-state index in [0.717, 1.165) is 10.1 Å². The topological polar surface area (TPSA) is 89.8 Å². The molecule has 0 saturated heterocycles. The fourth-order valence-corrected chi connectivity index (χ4v) is 3.75. The second-order valence-corrected chi connectivity index (χ2v) is 7.76. The first-order valence-electron chi connectivity index (χ1n) is 8.99. The van der Waals surface area contributed by atoms with Gasteiger partial charge < -0.3 is 4.98 Å². The Morgan fingerprint density at radius 2 is 1.73 bits per heavy atom. The van der Waals surface area contributed by atoms with Crippen LogP contribution in [0.2, 0.25) is 10.0 Å². The molecule has 0 radical (unpaired) electrons. The SMILES string of the molecule is Cn1c(=O)c2[nH]c(Cc3ccc(C(=O)c4ccc(Cl)cc4Cl)cc3)nc2n(C)c1=O. The summed E-state index contributed by atoms with van der Waals surface area (Å²) < 4.78 is 2.36. The van der Waals surface area contributed by atoms with Crippen LogP contribution in [-0.2, 0) is 20.5 Å². The van der Waals surface area contributed by atoms with Crippen molar-refractivity contribution in [3.8, 4) is 0 Å². The summed E-state index contributed by atoms with van der Waals surface area (Å²) in [6.45, 7) is 0. The molecule has 0 aliphatic carbocycles. The summed E-state index contributed by atoms with van der Waals surface area (Å²) in [6.07, 6.45) is 0.405. The number of aromatic nitrogens is 4. The van der Waals surface area contributed by atoms with Gasteiger partial charge in [0, 0.05) is 36.7 Å². The van der Waals surface area contributed by atoms with E-state index in [-0.39, 0.29) is 11.3 Å². The van der Waals surface area contributed by atoms with Crippen LogP contribution < -0.4 is 11.2 Å². The number of carbonyl (C=O) groups is 1. The largest absolute Gasteiger partial charge is 0.336 e. The van der Waals surface area contributed by atoms with Gasteiger partial charge in [-0.25, -0.2) is 9.78 Å². The monoisotopic (exact) mass is 442 g/mol. The number of aromatic amines is 1. The maximum Gasteiger partial charge on any atom is 0.332 e. The molecule has 4 aromatic rings. The minimum Gasteiger partial charge on any atom is -0.336 e. The van der Waals surface area contributed by atoms with E-state index in [4.69, 9.17) is 23.2 Å². The van der Waals surface area contributed by atoms with Gasteiger partial charge in [0.2, 0.25) is 0 Å². The summed E-state index contributed by atoms with van der Waals surface area (Å²) in [5.41, 5.74) is 1.48. The van der Waals surface area contributed by atoms with Gasteiger partial charge in [0.1, 0.15) is 11.3 Å². The molecule has 2 heterocycles. The molecule has 152 valence electrons. The smallest absolute Gasteiger partial charge is 0.332 e. The van der Waals surface area contributed by atoms with E-state index in [1.165, 1.54) is 17.7 Å². The molecule has 2 aromatic carbocycles. The highest BCUT2D eigenvalue weighted by atomic mass is 35.5. The summed E-state index contributed by atoms with van der Waals surface area (Å²) in [7, 11) is 2.99. The van der Waals surface area contributed by atoms with Crippen LogP contribution in [0.1, 0.15) is 27.3 Å². The molecule has 1 N–H and O–H groups in total. The van der Waals surface area contributed by atoms with Crippen LogP contribution >= 0.6 is 23.2 Å². The van der Waals surface area contributed by atoms with Crippen LogP contribution in [0, 0.1) is 0 Å². The summed E-state index contributed by atoms with van der Waals surface area (Å²) >= 11 is 12.0. The third kappa shape index (κ3) is 3.46. The quantitative estimate of drug-likeness (QED) is 0.491. The van der Waals surface area contributed by atoms with E-state index in [0.29, 0.717) is 39.1 Å². The van der Waals surface area contributed by atoms with Gasteiger partial charge in [-0.1, -0.05) is 47.5 Å². The van der Waals surface area contributed by atoms with Crippen molar-refractivity contribution in [2.75, 3.05) is 0 Å². The lowest BCUT2D eigenvalue weighted by atomic mass is 10.0. The number of nitrogens with one attached hydrogen (secondary N) is 1. The molecule has 2 aromatic heterocycles. The number of halogens is 2. The molecule has 0 amide bonds. The van der Waals surface area contributed by atoms with Crippen LogP contribution in [0.4, 0.5) is 0 Å². The number of ketones is 1. The molecule has 0 aliphatic heterocycles. The average Bonchev–Trinajstić information content (AvgIpc) is 3.15. The number of benzene rings is 2. The van der Waals surface area contributed by atoms with E-state index in [2.05, 4.69) is 9.97 Å². The predicted octanol–water partition coefficient (Wildman–Crippen LogP) is 3.09. The number of aryl methyl sites for hydroxylation is 1. The molecule has 0 bridgehead atoms. The van der Waals surface area contributed by atoms with Gasteiger partial charge in [-0.05, 0) is 23.8 Å². The summed E-state index contributed by atoms with van der Waals surface area (Å²) in [4.78, 5) is 44.4. The lowest BCUT2D eigenvalue weighted by molar-refractivity contribution is 0.103. The third-order valence-corrected chi connectivity index (χ3v) is 5.46. The van der Waals surface area contributed by atoms with E-state index < -0.39 is 11.2 Å². The number of carbonyl (C=O) groups excluding carboxylic acids is 1. The van der Waals surface area contributed by atoms with Crippen molar-refractivity contribution < 1.29 is 4.79 Å². The second kappa shape index (κ2) is 7.59. The van der Waals surface area contributed by atoms with Gasteiger partial charge in [-0.2, -0.15) is 0 Å². The van der Waals surface area contributed by atoms with Gasteiger partial charge in [-0.3, -0.25) is 18.7 Å². The molecule has 7 nitrogen and oxygen atoms in total.